The molecular weight excluding hydrogens is 186 g/mol. The molecule has 74 valence electrons. The average molecular weight is 202 g/mol. The van der Waals surface area contributed by atoms with Crippen LogP contribution in [0.2, 0.25) is 0 Å². The first-order valence-electron chi connectivity index (χ1n) is 4.13. The normalized spacial score (nSPS) is 9.15. The molecule has 0 saturated heterocycles. The molecule has 0 radical (unpaired) electrons. The first-order valence-corrected chi connectivity index (χ1v) is 4.13. The summed E-state index contributed by atoms with van der Waals surface area (Å²) in [4.78, 5) is 0. The van der Waals surface area contributed by atoms with Crippen LogP contribution in [0.15, 0.2) is 18.2 Å². The van der Waals surface area contributed by atoms with Gasteiger partial charge in [-0.05, 0) is 37.1 Å². The molecule has 0 aliphatic heterocycles. The van der Waals surface area contributed by atoms with E-state index in [1.807, 2.05) is 12.1 Å². The van der Waals surface area contributed by atoms with Crippen LogP contribution < -0.4 is 10.5 Å². The van der Waals surface area contributed by atoms with E-state index < -0.39 is 0 Å². The van der Waals surface area contributed by atoms with Gasteiger partial charge in [-0.15, -0.1) is 12.4 Å². The fourth-order valence-corrected chi connectivity index (χ4v) is 1.19. The second kappa shape index (κ2) is 5.84. The quantitative estimate of drug-likeness (QED) is 0.813. The molecule has 0 bridgehead atoms. The summed E-state index contributed by atoms with van der Waals surface area (Å²) >= 11 is 0. The van der Waals surface area contributed by atoms with Crippen molar-refractivity contribution in [3.8, 4) is 5.75 Å². The van der Waals surface area contributed by atoms with Crippen molar-refractivity contribution in [1.29, 1.82) is 0 Å². The van der Waals surface area contributed by atoms with Crippen LogP contribution in [0.25, 0.3) is 0 Å². The largest absolute Gasteiger partial charge is 0.492 e. The molecule has 2 N–H and O–H groups in total. The first kappa shape index (κ1) is 12.3. The molecule has 1 aromatic carbocycles. The van der Waals surface area contributed by atoms with Gasteiger partial charge >= 0.3 is 0 Å². The summed E-state index contributed by atoms with van der Waals surface area (Å²) in [6.45, 7) is 5.26. The van der Waals surface area contributed by atoms with Crippen molar-refractivity contribution in [3.05, 3.63) is 29.3 Å². The van der Waals surface area contributed by atoms with Gasteiger partial charge in [0.15, 0.2) is 0 Å². The van der Waals surface area contributed by atoms with Crippen LogP contribution in [0.5, 0.6) is 5.75 Å². The maximum atomic E-state index is 5.39. The third-order valence-electron chi connectivity index (χ3n) is 1.58. The molecule has 0 spiro atoms. The lowest BCUT2D eigenvalue weighted by Crippen LogP contribution is -2.10. The lowest BCUT2D eigenvalue weighted by molar-refractivity contribution is 0.328. The van der Waals surface area contributed by atoms with Gasteiger partial charge in [-0.1, -0.05) is 6.07 Å². The molecule has 0 atom stereocenters. The van der Waals surface area contributed by atoms with E-state index in [2.05, 4.69) is 19.9 Å². The van der Waals surface area contributed by atoms with Gasteiger partial charge in [0.25, 0.3) is 0 Å². The minimum Gasteiger partial charge on any atom is -0.492 e. The van der Waals surface area contributed by atoms with Gasteiger partial charge in [-0.25, -0.2) is 0 Å². The van der Waals surface area contributed by atoms with E-state index in [4.69, 9.17) is 10.5 Å². The third kappa shape index (κ3) is 4.15. The van der Waals surface area contributed by atoms with Crippen LogP contribution >= 0.6 is 12.4 Å². The lowest BCUT2D eigenvalue weighted by Gasteiger charge is -2.06. The Balaban J connectivity index is 0.00000144. The Bertz CT molecular complexity index is 243. The Kier molecular flexibility index (Phi) is 5.51. The van der Waals surface area contributed by atoms with Crippen molar-refractivity contribution in [1.82, 2.24) is 0 Å². The number of benzene rings is 1. The zero-order valence-electron chi connectivity index (χ0n) is 8.04. The molecule has 13 heavy (non-hydrogen) atoms. The van der Waals surface area contributed by atoms with E-state index in [-0.39, 0.29) is 12.4 Å². The highest BCUT2D eigenvalue weighted by atomic mass is 35.5. The molecule has 0 fully saturated rings. The third-order valence-corrected chi connectivity index (χ3v) is 1.58. The minimum atomic E-state index is 0. The van der Waals surface area contributed by atoms with E-state index in [1.54, 1.807) is 0 Å². The zero-order valence-corrected chi connectivity index (χ0v) is 8.86. The molecule has 3 heteroatoms. The predicted molar refractivity (Wildman–Crippen MR) is 57.7 cm³/mol. The lowest BCUT2D eigenvalue weighted by atomic mass is 10.1. The fraction of sp³-hybridized carbons (Fsp3) is 0.400. The molecule has 0 unspecified atom stereocenters. The molecule has 1 rings (SSSR count). The minimum absolute atomic E-state index is 0. The Hall–Kier alpha value is -0.730. The van der Waals surface area contributed by atoms with Crippen LogP contribution in [0, 0.1) is 13.8 Å². The van der Waals surface area contributed by atoms with Crippen molar-refractivity contribution in [2.24, 2.45) is 5.73 Å². The van der Waals surface area contributed by atoms with Crippen molar-refractivity contribution in [3.63, 3.8) is 0 Å². The van der Waals surface area contributed by atoms with Crippen molar-refractivity contribution >= 4 is 12.4 Å². The van der Waals surface area contributed by atoms with Gasteiger partial charge in [0, 0.05) is 6.54 Å². The molecule has 0 saturated carbocycles. The van der Waals surface area contributed by atoms with E-state index >= 15 is 0 Å². The van der Waals surface area contributed by atoms with Crippen LogP contribution in [-0.4, -0.2) is 13.2 Å². The fourth-order valence-electron chi connectivity index (χ4n) is 1.19. The number of hydrogen-bond donors (Lipinski definition) is 1. The Labute approximate surface area is 85.5 Å². The van der Waals surface area contributed by atoms with Crippen molar-refractivity contribution < 1.29 is 4.74 Å². The molecular formula is C10H16ClNO. The van der Waals surface area contributed by atoms with E-state index in [0.29, 0.717) is 13.2 Å². The van der Waals surface area contributed by atoms with E-state index in [9.17, 15) is 0 Å². The highest BCUT2D eigenvalue weighted by Crippen LogP contribution is 2.15. The maximum absolute atomic E-state index is 5.39. The van der Waals surface area contributed by atoms with Crippen LogP contribution in [-0.2, 0) is 0 Å². The zero-order chi connectivity index (χ0) is 8.97. The van der Waals surface area contributed by atoms with E-state index in [1.165, 1.54) is 11.1 Å². The molecule has 2 nitrogen and oxygen atoms in total. The molecule has 0 heterocycles. The van der Waals surface area contributed by atoms with Gasteiger partial charge in [-0.2, -0.15) is 0 Å². The number of halogens is 1. The van der Waals surface area contributed by atoms with Gasteiger partial charge in [0.05, 0.1) is 0 Å². The highest BCUT2D eigenvalue weighted by Gasteiger charge is 1.94. The van der Waals surface area contributed by atoms with Gasteiger partial charge < -0.3 is 10.5 Å². The summed E-state index contributed by atoms with van der Waals surface area (Å²) < 4.78 is 5.39. The number of hydrogen-bond acceptors (Lipinski definition) is 2. The summed E-state index contributed by atoms with van der Waals surface area (Å²) in [5, 5.41) is 0. The molecule has 0 amide bonds. The second-order valence-corrected chi connectivity index (χ2v) is 2.96. The number of aryl methyl sites for hydroxylation is 2. The molecule has 1 aromatic rings. The summed E-state index contributed by atoms with van der Waals surface area (Å²) in [6.07, 6.45) is 0. The molecule has 0 aliphatic carbocycles. The van der Waals surface area contributed by atoms with E-state index in [0.717, 1.165) is 5.75 Å². The Morgan fingerprint density at radius 2 is 1.69 bits per heavy atom. The first-order chi connectivity index (χ1) is 5.72. The molecule has 0 aromatic heterocycles. The standard InChI is InChI=1S/C10H15NO.ClH/c1-8-5-9(2)7-10(6-8)12-4-3-11;/h5-7H,3-4,11H2,1-2H3;1H. The number of ether oxygens (including phenoxy) is 1. The average Bonchev–Trinajstić information content (AvgIpc) is 1.99. The molecule has 0 aliphatic rings. The maximum Gasteiger partial charge on any atom is 0.119 e. The summed E-state index contributed by atoms with van der Waals surface area (Å²) in [5.74, 6) is 0.915. The number of nitrogens with two attached hydrogens (primary N) is 1. The summed E-state index contributed by atoms with van der Waals surface area (Å²) in [6, 6.07) is 6.15. The van der Waals surface area contributed by atoms with Gasteiger partial charge in [0.1, 0.15) is 12.4 Å². The number of rotatable bonds is 3. The Morgan fingerprint density at radius 1 is 1.15 bits per heavy atom. The topological polar surface area (TPSA) is 35.2 Å². The highest BCUT2D eigenvalue weighted by molar-refractivity contribution is 5.85. The van der Waals surface area contributed by atoms with Crippen LogP contribution in [0.4, 0.5) is 0 Å². The van der Waals surface area contributed by atoms with Crippen LogP contribution in [0.1, 0.15) is 11.1 Å². The second-order valence-electron chi connectivity index (χ2n) is 2.96. The monoisotopic (exact) mass is 201 g/mol. The van der Waals surface area contributed by atoms with Crippen molar-refractivity contribution in [2.75, 3.05) is 13.2 Å². The smallest absolute Gasteiger partial charge is 0.119 e. The van der Waals surface area contributed by atoms with Gasteiger partial charge in [0.2, 0.25) is 0 Å². The van der Waals surface area contributed by atoms with Gasteiger partial charge in [-0.3, -0.25) is 0 Å². The summed E-state index contributed by atoms with van der Waals surface area (Å²) in [7, 11) is 0. The van der Waals surface area contributed by atoms with Crippen molar-refractivity contribution in [2.45, 2.75) is 13.8 Å². The predicted octanol–water partition coefficient (Wildman–Crippen LogP) is 2.06. The SMILES string of the molecule is Cc1cc(C)cc(OCCN)c1.Cl. The van der Waals surface area contributed by atoms with Crippen LogP contribution in [0.3, 0.4) is 0 Å². The Morgan fingerprint density at radius 3 is 2.15 bits per heavy atom. The summed E-state index contributed by atoms with van der Waals surface area (Å²) in [5.41, 5.74) is 7.78.